The Labute approximate surface area is 143 Å². The molecule has 0 radical (unpaired) electrons. The Kier molecular flexibility index (Phi) is 4.04. The van der Waals surface area contributed by atoms with Crippen LogP contribution in [0.1, 0.15) is 44.6 Å². The molecule has 2 saturated heterocycles. The Bertz CT molecular complexity index is 623. The van der Waals surface area contributed by atoms with Crippen molar-refractivity contribution in [2.75, 3.05) is 11.9 Å². The summed E-state index contributed by atoms with van der Waals surface area (Å²) in [6.07, 6.45) is 4.63. The van der Waals surface area contributed by atoms with Crippen molar-refractivity contribution in [3.05, 3.63) is 29.8 Å². The van der Waals surface area contributed by atoms with Crippen LogP contribution in [0, 0.1) is 0 Å². The molecule has 3 fully saturated rings. The number of hydrogen-bond acceptors (Lipinski definition) is 4. The number of carbonyl (C=O) groups excluding carboxylic acids is 2. The molecule has 3 aliphatic rings. The largest absolute Gasteiger partial charge is 0.381 e. The lowest BCUT2D eigenvalue weighted by Gasteiger charge is -2.20. The lowest BCUT2D eigenvalue weighted by Crippen LogP contribution is -2.31. The lowest BCUT2D eigenvalue weighted by atomic mass is 10.1. The molecule has 4 rings (SSSR count). The van der Waals surface area contributed by atoms with Gasteiger partial charge in [-0.1, -0.05) is 12.1 Å². The number of nitrogens with one attached hydrogen (secondary N) is 1. The van der Waals surface area contributed by atoms with E-state index in [0.717, 1.165) is 23.8 Å². The first kappa shape index (κ1) is 15.6. The van der Waals surface area contributed by atoms with Crippen molar-refractivity contribution in [2.24, 2.45) is 0 Å². The van der Waals surface area contributed by atoms with Gasteiger partial charge in [-0.25, -0.2) is 0 Å². The number of nitrogens with zero attached hydrogens (tertiary/aromatic N) is 2. The minimum atomic E-state index is -0.0534. The van der Waals surface area contributed by atoms with E-state index in [-0.39, 0.29) is 11.8 Å². The molecule has 128 valence electrons. The van der Waals surface area contributed by atoms with E-state index in [1.807, 2.05) is 12.1 Å². The van der Waals surface area contributed by atoms with Crippen LogP contribution in [-0.2, 0) is 16.1 Å². The molecular weight excluding hydrogens is 302 g/mol. The lowest BCUT2D eigenvalue weighted by molar-refractivity contribution is -0.139. The van der Waals surface area contributed by atoms with E-state index < -0.39 is 0 Å². The molecule has 5 heteroatoms. The van der Waals surface area contributed by atoms with Crippen molar-refractivity contribution in [1.82, 2.24) is 9.80 Å². The maximum Gasteiger partial charge on any atom is 0.229 e. The molecule has 0 spiro atoms. The number of anilines is 1. The average molecular weight is 327 g/mol. The molecule has 1 aromatic rings. The van der Waals surface area contributed by atoms with E-state index in [1.165, 1.54) is 24.2 Å². The Morgan fingerprint density at radius 2 is 1.75 bits per heavy atom. The first-order chi connectivity index (χ1) is 11.6. The summed E-state index contributed by atoms with van der Waals surface area (Å²) in [5.74, 6) is -0.107. The molecule has 0 aromatic heterocycles. The third-order valence-corrected chi connectivity index (χ3v) is 5.46. The molecule has 2 amide bonds. The van der Waals surface area contributed by atoms with Gasteiger partial charge in [0.05, 0.1) is 6.54 Å². The fourth-order valence-corrected chi connectivity index (χ4v) is 4.00. The summed E-state index contributed by atoms with van der Waals surface area (Å²) in [5, 5.41) is 3.63. The van der Waals surface area contributed by atoms with E-state index in [0.29, 0.717) is 31.5 Å². The highest BCUT2D eigenvalue weighted by Crippen LogP contribution is 2.34. The molecular formula is C19H25N3O2. The molecule has 2 aliphatic heterocycles. The number of carbonyl (C=O) groups is 2. The zero-order chi connectivity index (χ0) is 16.7. The number of likely N-dealkylation sites (tertiary alicyclic amines) is 2. The van der Waals surface area contributed by atoms with Crippen LogP contribution in [0.3, 0.4) is 0 Å². The molecule has 24 heavy (non-hydrogen) atoms. The van der Waals surface area contributed by atoms with Gasteiger partial charge in [-0.05, 0) is 43.9 Å². The number of benzene rings is 1. The van der Waals surface area contributed by atoms with Gasteiger partial charge in [0.2, 0.25) is 11.8 Å². The summed E-state index contributed by atoms with van der Waals surface area (Å²) in [6.45, 7) is 3.85. The van der Waals surface area contributed by atoms with E-state index in [2.05, 4.69) is 29.3 Å². The highest BCUT2D eigenvalue weighted by atomic mass is 16.2. The third kappa shape index (κ3) is 3.18. The SMILES string of the molecule is CC1CC(Nc2ccc(CN3C(=O)CCC3=O)cc2)CN1C1CC1. The van der Waals surface area contributed by atoms with E-state index >= 15 is 0 Å². The van der Waals surface area contributed by atoms with Crippen LogP contribution in [0.25, 0.3) is 0 Å². The van der Waals surface area contributed by atoms with Gasteiger partial charge >= 0.3 is 0 Å². The zero-order valence-corrected chi connectivity index (χ0v) is 14.2. The Balaban J connectivity index is 1.34. The summed E-state index contributed by atoms with van der Waals surface area (Å²) in [5.41, 5.74) is 2.12. The van der Waals surface area contributed by atoms with Crippen LogP contribution >= 0.6 is 0 Å². The highest BCUT2D eigenvalue weighted by Gasteiger charge is 2.38. The quantitative estimate of drug-likeness (QED) is 0.844. The van der Waals surface area contributed by atoms with Crippen molar-refractivity contribution in [1.29, 1.82) is 0 Å². The van der Waals surface area contributed by atoms with Crippen LogP contribution < -0.4 is 5.32 Å². The predicted molar refractivity (Wildman–Crippen MR) is 92.5 cm³/mol. The normalized spacial score (nSPS) is 28.0. The Morgan fingerprint density at radius 1 is 1.08 bits per heavy atom. The molecule has 1 N–H and O–H groups in total. The molecule has 1 aromatic carbocycles. The average Bonchev–Trinajstić information content (AvgIpc) is 3.28. The van der Waals surface area contributed by atoms with Gasteiger partial charge < -0.3 is 5.32 Å². The zero-order valence-electron chi connectivity index (χ0n) is 14.2. The standard InChI is InChI=1S/C19H25N3O2/c1-13-10-16(12-21(13)17-6-7-17)20-15-4-2-14(3-5-15)11-22-18(23)8-9-19(22)24/h2-5,13,16-17,20H,6-12H2,1H3. The summed E-state index contributed by atoms with van der Waals surface area (Å²) in [4.78, 5) is 27.4. The van der Waals surface area contributed by atoms with E-state index in [9.17, 15) is 9.59 Å². The second-order valence-electron chi connectivity index (χ2n) is 7.42. The maximum absolute atomic E-state index is 11.7. The Morgan fingerprint density at radius 3 is 2.38 bits per heavy atom. The van der Waals surface area contributed by atoms with Gasteiger partial charge in [0.25, 0.3) is 0 Å². The van der Waals surface area contributed by atoms with Crippen LogP contribution in [0.4, 0.5) is 5.69 Å². The van der Waals surface area contributed by atoms with E-state index in [4.69, 9.17) is 0 Å². The van der Waals surface area contributed by atoms with Crippen molar-refractivity contribution in [3.8, 4) is 0 Å². The number of rotatable bonds is 5. The van der Waals surface area contributed by atoms with Crippen LogP contribution in [0.2, 0.25) is 0 Å². The second kappa shape index (κ2) is 6.20. The topological polar surface area (TPSA) is 52.7 Å². The van der Waals surface area contributed by atoms with Crippen LogP contribution in [0.15, 0.2) is 24.3 Å². The second-order valence-corrected chi connectivity index (χ2v) is 7.42. The van der Waals surface area contributed by atoms with E-state index in [1.54, 1.807) is 0 Å². The first-order valence-electron chi connectivity index (χ1n) is 9.04. The van der Waals surface area contributed by atoms with Crippen LogP contribution in [0.5, 0.6) is 0 Å². The molecule has 5 nitrogen and oxygen atoms in total. The fraction of sp³-hybridized carbons (Fsp3) is 0.579. The van der Waals surface area contributed by atoms with Gasteiger partial charge in [-0.2, -0.15) is 0 Å². The van der Waals surface area contributed by atoms with Gasteiger partial charge in [0.15, 0.2) is 0 Å². The highest BCUT2D eigenvalue weighted by molar-refractivity contribution is 6.01. The van der Waals surface area contributed by atoms with Gasteiger partial charge in [0.1, 0.15) is 0 Å². The van der Waals surface area contributed by atoms with Crippen molar-refractivity contribution in [2.45, 2.75) is 63.7 Å². The smallest absolute Gasteiger partial charge is 0.229 e. The van der Waals surface area contributed by atoms with Gasteiger partial charge in [0, 0.05) is 43.2 Å². The monoisotopic (exact) mass is 327 g/mol. The summed E-state index contributed by atoms with van der Waals surface area (Å²) in [6, 6.07) is 10.1. The molecule has 1 saturated carbocycles. The summed E-state index contributed by atoms with van der Waals surface area (Å²) >= 11 is 0. The van der Waals surface area contributed by atoms with Crippen LogP contribution in [-0.4, -0.2) is 46.3 Å². The molecule has 1 aliphatic carbocycles. The van der Waals surface area contributed by atoms with Gasteiger partial charge in [-0.15, -0.1) is 0 Å². The number of imide groups is 1. The molecule has 2 heterocycles. The number of amides is 2. The summed E-state index contributed by atoms with van der Waals surface area (Å²) < 4.78 is 0. The minimum Gasteiger partial charge on any atom is -0.381 e. The van der Waals surface area contributed by atoms with Crippen molar-refractivity contribution < 1.29 is 9.59 Å². The molecule has 0 bridgehead atoms. The maximum atomic E-state index is 11.7. The van der Waals surface area contributed by atoms with Gasteiger partial charge in [-0.3, -0.25) is 19.4 Å². The van der Waals surface area contributed by atoms with Crippen molar-refractivity contribution in [3.63, 3.8) is 0 Å². The number of hydrogen-bond donors (Lipinski definition) is 1. The van der Waals surface area contributed by atoms with Crippen molar-refractivity contribution >= 4 is 17.5 Å². The minimum absolute atomic E-state index is 0.0534. The molecule has 2 unspecified atom stereocenters. The summed E-state index contributed by atoms with van der Waals surface area (Å²) in [7, 11) is 0. The Hall–Kier alpha value is -1.88. The predicted octanol–water partition coefficient (Wildman–Crippen LogP) is 2.37. The fourth-order valence-electron chi connectivity index (χ4n) is 4.00. The first-order valence-corrected chi connectivity index (χ1v) is 9.04. The third-order valence-electron chi connectivity index (χ3n) is 5.46. The molecule has 2 atom stereocenters.